The van der Waals surface area contributed by atoms with Crippen LogP contribution in [0.5, 0.6) is 0 Å². The normalized spacial score (nSPS) is 17.1. The maximum atomic E-state index is 13.8. The highest BCUT2D eigenvalue weighted by Gasteiger charge is 2.36. The summed E-state index contributed by atoms with van der Waals surface area (Å²) in [5.74, 6) is -0.453. The number of nitrogens with zero attached hydrogens (tertiary/aromatic N) is 5. The number of carbonyl (C=O) groups excluding carboxylic acids is 3. The lowest BCUT2D eigenvalue weighted by molar-refractivity contribution is -0.120. The van der Waals surface area contributed by atoms with E-state index in [1.165, 1.54) is 0 Å². The Labute approximate surface area is 260 Å². The predicted octanol–water partition coefficient (Wildman–Crippen LogP) is 4.34. The molecule has 2 aliphatic rings. The molecule has 0 spiro atoms. The molecule has 0 aliphatic carbocycles. The van der Waals surface area contributed by atoms with Crippen molar-refractivity contribution in [1.82, 2.24) is 19.8 Å². The van der Waals surface area contributed by atoms with E-state index in [-0.39, 0.29) is 30.7 Å². The highest BCUT2D eigenvalue weighted by Crippen LogP contribution is 2.29. The SMILES string of the molecule is CN1CCN(c2ccc(NC(=O)c3ccc(CN4C(=O)c5ccc(Cl)cc5NC(=O)C4Cc4ccccn4)cc3)nc2)CC1. The van der Waals surface area contributed by atoms with Gasteiger partial charge in [0.15, 0.2) is 0 Å². The molecule has 1 fully saturated rings. The number of aromatic nitrogens is 2. The molecule has 224 valence electrons. The van der Waals surface area contributed by atoms with E-state index >= 15 is 0 Å². The molecule has 3 amide bonds. The van der Waals surface area contributed by atoms with Crippen molar-refractivity contribution < 1.29 is 14.4 Å². The van der Waals surface area contributed by atoms with Gasteiger partial charge in [0, 0.05) is 61.6 Å². The minimum atomic E-state index is -0.813. The van der Waals surface area contributed by atoms with Crippen LogP contribution in [0.2, 0.25) is 5.02 Å². The largest absolute Gasteiger partial charge is 0.368 e. The summed E-state index contributed by atoms with van der Waals surface area (Å²) in [5.41, 5.74) is 3.66. The first kappa shape index (κ1) is 29.3. The zero-order valence-electron chi connectivity index (χ0n) is 24.2. The van der Waals surface area contributed by atoms with Gasteiger partial charge in [-0.05, 0) is 67.2 Å². The molecule has 2 N–H and O–H groups in total. The highest BCUT2D eigenvalue weighted by atomic mass is 35.5. The fourth-order valence-electron chi connectivity index (χ4n) is 5.42. The Morgan fingerprint density at radius 2 is 1.77 bits per heavy atom. The molecule has 4 aromatic rings. The second kappa shape index (κ2) is 12.8. The van der Waals surface area contributed by atoms with Gasteiger partial charge in [0.05, 0.1) is 23.1 Å². The van der Waals surface area contributed by atoms with Gasteiger partial charge in [0.25, 0.3) is 11.8 Å². The molecule has 2 aliphatic heterocycles. The number of piperazine rings is 1. The minimum Gasteiger partial charge on any atom is -0.368 e. The second-order valence-electron chi connectivity index (χ2n) is 11.0. The molecule has 0 saturated carbocycles. The minimum absolute atomic E-state index is 0.156. The van der Waals surface area contributed by atoms with Crippen molar-refractivity contribution in [1.29, 1.82) is 0 Å². The number of hydrogen-bond acceptors (Lipinski definition) is 7. The van der Waals surface area contributed by atoms with Gasteiger partial charge in [-0.3, -0.25) is 19.4 Å². The number of halogens is 1. The third kappa shape index (κ3) is 6.56. The van der Waals surface area contributed by atoms with Gasteiger partial charge >= 0.3 is 0 Å². The summed E-state index contributed by atoms with van der Waals surface area (Å²) in [6, 6.07) is 20.2. The number of nitrogens with one attached hydrogen (secondary N) is 2. The van der Waals surface area contributed by atoms with Crippen LogP contribution >= 0.6 is 11.6 Å². The fourth-order valence-corrected chi connectivity index (χ4v) is 5.59. The van der Waals surface area contributed by atoms with Gasteiger partial charge in [0.2, 0.25) is 5.91 Å². The van der Waals surface area contributed by atoms with Crippen molar-refractivity contribution in [3.8, 4) is 0 Å². The number of rotatable bonds is 7. The molecular weight excluding hydrogens is 578 g/mol. The number of anilines is 3. The lowest BCUT2D eigenvalue weighted by Crippen LogP contribution is -2.46. The Morgan fingerprint density at radius 3 is 2.48 bits per heavy atom. The molecule has 6 rings (SSSR count). The van der Waals surface area contributed by atoms with E-state index < -0.39 is 6.04 Å². The first-order valence-electron chi connectivity index (χ1n) is 14.5. The zero-order valence-corrected chi connectivity index (χ0v) is 25.0. The van der Waals surface area contributed by atoms with E-state index in [1.807, 2.05) is 24.3 Å². The van der Waals surface area contributed by atoms with E-state index in [1.54, 1.807) is 65.8 Å². The summed E-state index contributed by atoms with van der Waals surface area (Å²) in [5, 5.41) is 6.15. The number of likely N-dealkylation sites (N-methyl/N-ethyl adjacent to an activating group) is 1. The van der Waals surface area contributed by atoms with Gasteiger partial charge in [-0.25, -0.2) is 4.98 Å². The zero-order chi connectivity index (χ0) is 30.6. The number of fused-ring (bicyclic) bond motifs is 1. The van der Waals surface area contributed by atoms with Crippen LogP contribution in [0.4, 0.5) is 17.2 Å². The van der Waals surface area contributed by atoms with Crippen LogP contribution in [-0.2, 0) is 17.8 Å². The topological polar surface area (TPSA) is 111 Å². The first-order chi connectivity index (χ1) is 21.3. The van der Waals surface area contributed by atoms with Crippen LogP contribution in [0.3, 0.4) is 0 Å². The molecule has 1 atom stereocenters. The predicted molar refractivity (Wildman–Crippen MR) is 170 cm³/mol. The molecular formula is C33H32ClN7O3. The van der Waals surface area contributed by atoms with Gasteiger partial charge in [-0.1, -0.05) is 29.8 Å². The molecule has 2 aromatic heterocycles. The van der Waals surface area contributed by atoms with Crippen molar-refractivity contribution >= 4 is 46.5 Å². The fraction of sp³-hybridized carbons (Fsp3) is 0.242. The number of amides is 3. The lowest BCUT2D eigenvalue weighted by atomic mass is 10.0. The van der Waals surface area contributed by atoms with Crippen LogP contribution in [0.15, 0.2) is 85.2 Å². The third-order valence-electron chi connectivity index (χ3n) is 7.97. The quantitative estimate of drug-likeness (QED) is 0.321. The number of hydrogen-bond donors (Lipinski definition) is 2. The molecule has 0 radical (unpaired) electrons. The second-order valence-corrected chi connectivity index (χ2v) is 11.4. The van der Waals surface area contributed by atoms with Crippen molar-refractivity contribution in [2.75, 3.05) is 48.8 Å². The average molecular weight is 610 g/mol. The lowest BCUT2D eigenvalue weighted by Gasteiger charge is -2.33. The summed E-state index contributed by atoms with van der Waals surface area (Å²) in [7, 11) is 2.11. The van der Waals surface area contributed by atoms with Crippen LogP contribution < -0.4 is 15.5 Å². The highest BCUT2D eigenvalue weighted by molar-refractivity contribution is 6.31. The molecule has 10 nitrogen and oxygen atoms in total. The smallest absolute Gasteiger partial charge is 0.256 e. The van der Waals surface area contributed by atoms with Gasteiger partial charge < -0.3 is 25.3 Å². The van der Waals surface area contributed by atoms with E-state index in [2.05, 4.69) is 37.4 Å². The molecule has 4 heterocycles. The van der Waals surface area contributed by atoms with Crippen LogP contribution in [-0.4, -0.2) is 76.8 Å². The van der Waals surface area contributed by atoms with Crippen molar-refractivity contribution in [3.63, 3.8) is 0 Å². The summed E-state index contributed by atoms with van der Waals surface area (Å²) in [6.45, 7) is 4.04. The number of carbonyl (C=O) groups is 3. The molecule has 44 heavy (non-hydrogen) atoms. The number of benzene rings is 2. The van der Waals surface area contributed by atoms with Gasteiger partial charge in [-0.2, -0.15) is 0 Å². The third-order valence-corrected chi connectivity index (χ3v) is 8.20. The Bertz CT molecular complexity index is 1660. The standard InChI is InChI=1S/C33H32ClN7O3/c1-39-14-16-40(17-15-39)26-10-12-30(36-20-26)38-31(42)23-7-5-22(6-8-23)21-41-29(19-25-4-2-3-13-35-25)32(43)37-28-18-24(34)9-11-27(28)33(41)44/h2-13,18,20,29H,14-17,19,21H2,1H3,(H,37,43)(H,36,38,42). The number of pyridine rings is 2. The molecule has 1 saturated heterocycles. The summed E-state index contributed by atoms with van der Waals surface area (Å²) in [6.07, 6.45) is 3.68. The average Bonchev–Trinajstić information content (AvgIpc) is 3.12. The van der Waals surface area contributed by atoms with E-state index in [0.717, 1.165) is 37.4 Å². The van der Waals surface area contributed by atoms with Crippen LogP contribution in [0.1, 0.15) is 32.0 Å². The van der Waals surface area contributed by atoms with Gasteiger partial charge in [0.1, 0.15) is 11.9 Å². The van der Waals surface area contributed by atoms with Crippen molar-refractivity contribution in [2.45, 2.75) is 19.0 Å². The Kier molecular flexibility index (Phi) is 8.53. The Hall–Kier alpha value is -4.80. The Morgan fingerprint density at radius 1 is 0.977 bits per heavy atom. The summed E-state index contributed by atoms with van der Waals surface area (Å²) >= 11 is 6.17. The molecule has 1 unspecified atom stereocenters. The first-order valence-corrected chi connectivity index (χ1v) is 14.8. The van der Waals surface area contributed by atoms with Gasteiger partial charge in [-0.15, -0.1) is 0 Å². The maximum absolute atomic E-state index is 13.8. The van der Waals surface area contributed by atoms with E-state index in [0.29, 0.717) is 33.3 Å². The van der Waals surface area contributed by atoms with Crippen LogP contribution in [0.25, 0.3) is 0 Å². The molecule has 2 aromatic carbocycles. The van der Waals surface area contributed by atoms with E-state index in [9.17, 15) is 14.4 Å². The Balaban J connectivity index is 1.17. The van der Waals surface area contributed by atoms with Crippen LogP contribution in [0, 0.1) is 0 Å². The molecule has 0 bridgehead atoms. The van der Waals surface area contributed by atoms with Crippen molar-refractivity contribution in [2.24, 2.45) is 0 Å². The molecule has 11 heteroatoms. The van der Waals surface area contributed by atoms with Crippen molar-refractivity contribution in [3.05, 3.63) is 113 Å². The monoisotopic (exact) mass is 609 g/mol. The van der Waals surface area contributed by atoms with E-state index in [4.69, 9.17) is 11.6 Å². The maximum Gasteiger partial charge on any atom is 0.256 e. The summed E-state index contributed by atoms with van der Waals surface area (Å²) < 4.78 is 0. The summed E-state index contributed by atoms with van der Waals surface area (Å²) in [4.78, 5) is 55.2.